The topological polar surface area (TPSA) is 80.0 Å². The van der Waals surface area contributed by atoms with Gasteiger partial charge in [-0.05, 0) is 62.2 Å². The maximum absolute atomic E-state index is 11.7. The van der Waals surface area contributed by atoms with Crippen LogP contribution in [-0.2, 0) is 4.74 Å². The molecule has 24 heavy (non-hydrogen) atoms. The number of carbonyl (C=O) groups excluding carboxylic acids is 1. The highest BCUT2D eigenvalue weighted by atomic mass is 16.5. The Kier molecular flexibility index (Phi) is 5.82. The molecule has 6 heteroatoms. The Hall–Kier alpha value is -2.98. The van der Waals surface area contributed by atoms with Gasteiger partial charge in [0.05, 0.1) is 12.2 Å². The molecule has 0 saturated carbocycles. The van der Waals surface area contributed by atoms with E-state index in [-0.39, 0.29) is 5.97 Å². The van der Waals surface area contributed by atoms with E-state index in [0.29, 0.717) is 18.7 Å². The second-order valence-electron chi connectivity index (χ2n) is 5.25. The lowest BCUT2D eigenvalue weighted by molar-refractivity contribution is 0.0526. The molecular weight excluding hydrogens is 304 g/mol. The molecule has 0 unspecified atom stereocenters. The zero-order valence-electron chi connectivity index (χ0n) is 14.1. The van der Waals surface area contributed by atoms with E-state index in [2.05, 4.69) is 20.7 Å². The van der Waals surface area contributed by atoms with Crippen molar-refractivity contribution in [1.82, 2.24) is 4.57 Å². The van der Waals surface area contributed by atoms with E-state index in [9.17, 15) is 4.79 Å². The number of nitrogens with zero attached hydrogens (tertiary/aromatic N) is 4. The van der Waals surface area contributed by atoms with Crippen LogP contribution in [0.5, 0.6) is 0 Å². The molecule has 0 amide bonds. The Labute approximate surface area is 141 Å². The summed E-state index contributed by atoms with van der Waals surface area (Å²) in [6.45, 7) is 6.53. The molecule has 1 heterocycles. The Morgan fingerprint density at radius 3 is 2.67 bits per heavy atom. The Bertz CT molecular complexity index is 797. The van der Waals surface area contributed by atoms with Crippen molar-refractivity contribution in [2.75, 3.05) is 13.2 Å². The van der Waals surface area contributed by atoms with Crippen molar-refractivity contribution in [3.8, 4) is 5.69 Å². The number of hydrogen-bond donors (Lipinski definition) is 0. The van der Waals surface area contributed by atoms with Crippen molar-refractivity contribution >= 4 is 12.0 Å². The monoisotopic (exact) mass is 324 g/mol. The van der Waals surface area contributed by atoms with Gasteiger partial charge >= 0.3 is 5.97 Å². The second-order valence-corrected chi connectivity index (χ2v) is 5.25. The van der Waals surface area contributed by atoms with Crippen LogP contribution in [0.1, 0.15) is 34.2 Å². The van der Waals surface area contributed by atoms with Crippen LogP contribution < -0.4 is 0 Å². The highest BCUT2D eigenvalue weighted by molar-refractivity contribution is 5.89. The zero-order valence-corrected chi connectivity index (χ0v) is 14.1. The van der Waals surface area contributed by atoms with Gasteiger partial charge in [-0.3, -0.25) is 0 Å². The molecule has 0 aliphatic rings. The lowest BCUT2D eigenvalue weighted by atomic mass is 10.2. The molecule has 0 atom stereocenters. The van der Waals surface area contributed by atoms with Crippen LogP contribution in [0, 0.1) is 13.8 Å². The molecule has 0 saturated heterocycles. The maximum atomic E-state index is 11.7. The van der Waals surface area contributed by atoms with Crippen molar-refractivity contribution in [3.05, 3.63) is 69.4 Å². The first-order chi connectivity index (χ1) is 11.6. The number of ether oxygens (including phenoxy) is 1. The average molecular weight is 324 g/mol. The summed E-state index contributed by atoms with van der Waals surface area (Å²) in [7, 11) is 0. The summed E-state index contributed by atoms with van der Waals surface area (Å²) in [6.07, 6.45) is 3.77. The van der Waals surface area contributed by atoms with Gasteiger partial charge in [-0.2, -0.15) is 0 Å². The summed E-state index contributed by atoms with van der Waals surface area (Å²) in [5, 5.41) is 3.49. The van der Waals surface area contributed by atoms with E-state index in [0.717, 1.165) is 22.6 Å². The summed E-state index contributed by atoms with van der Waals surface area (Å²) in [6, 6.07) is 9.41. The van der Waals surface area contributed by atoms with Crippen LogP contribution in [-0.4, -0.2) is 23.7 Å². The number of hydrogen-bond acceptors (Lipinski definition) is 3. The van der Waals surface area contributed by atoms with Gasteiger partial charge in [0, 0.05) is 28.5 Å². The molecule has 0 spiro atoms. The minimum absolute atomic E-state index is 0.313. The van der Waals surface area contributed by atoms with E-state index in [1.807, 2.05) is 38.1 Å². The normalized spacial score (nSPS) is 10.6. The number of rotatable bonds is 6. The van der Waals surface area contributed by atoms with Crippen molar-refractivity contribution in [2.24, 2.45) is 5.11 Å². The van der Waals surface area contributed by atoms with E-state index >= 15 is 0 Å². The number of aryl methyl sites for hydroxylation is 1. The minimum Gasteiger partial charge on any atom is -0.462 e. The van der Waals surface area contributed by atoms with Crippen LogP contribution in [0.15, 0.2) is 41.5 Å². The lowest BCUT2D eigenvalue weighted by Crippen LogP contribution is -2.05. The molecule has 2 aromatic rings. The molecule has 0 bridgehead atoms. The fraction of sp³-hybridized carbons (Fsp3) is 0.278. The number of benzene rings is 1. The van der Waals surface area contributed by atoms with Crippen molar-refractivity contribution in [1.29, 1.82) is 0 Å². The minimum atomic E-state index is -0.313. The highest BCUT2D eigenvalue weighted by Crippen LogP contribution is 2.22. The molecule has 124 valence electrons. The molecule has 0 aliphatic carbocycles. The summed E-state index contributed by atoms with van der Waals surface area (Å²) in [4.78, 5) is 14.5. The van der Waals surface area contributed by atoms with Crippen molar-refractivity contribution in [2.45, 2.75) is 20.8 Å². The van der Waals surface area contributed by atoms with Crippen LogP contribution in [0.25, 0.3) is 22.2 Å². The number of carbonyl (C=O) groups is 1. The first-order valence-corrected chi connectivity index (χ1v) is 7.72. The molecule has 0 radical (unpaired) electrons. The quantitative estimate of drug-likeness (QED) is 0.337. The molecule has 1 aromatic heterocycles. The van der Waals surface area contributed by atoms with Gasteiger partial charge in [0.15, 0.2) is 0 Å². The second kappa shape index (κ2) is 8.04. The van der Waals surface area contributed by atoms with Gasteiger partial charge in [-0.25, -0.2) is 4.79 Å². The Morgan fingerprint density at radius 1 is 1.33 bits per heavy atom. The average Bonchev–Trinajstić information content (AvgIpc) is 2.86. The standard InChI is InChI=1S/C18H20N4O2/c1-4-24-18(23)15-7-9-17(10-8-15)22-13(2)12-16(14(22)3)6-5-11-20-21-19/h5-10,12H,4,11H2,1-3H3. The molecule has 6 nitrogen and oxygen atoms in total. The predicted octanol–water partition coefficient (Wildman–Crippen LogP) is 4.59. The molecule has 1 aromatic carbocycles. The highest BCUT2D eigenvalue weighted by Gasteiger charge is 2.10. The van der Waals surface area contributed by atoms with E-state index < -0.39 is 0 Å². The number of aromatic nitrogens is 1. The van der Waals surface area contributed by atoms with Gasteiger partial charge in [0.1, 0.15) is 0 Å². The molecule has 0 fully saturated rings. The number of azide groups is 1. The van der Waals surface area contributed by atoms with Gasteiger partial charge < -0.3 is 9.30 Å². The fourth-order valence-electron chi connectivity index (χ4n) is 2.58. The Balaban J connectivity index is 2.29. The summed E-state index contributed by atoms with van der Waals surface area (Å²) in [5.74, 6) is -0.313. The number of esters is 1. The zero-order chi connectivity index (χ0) is 17.5. The van der Waals surface area contributed by atoms with Crippen molar-refractivity contribution < 1.29 is 9.53 Å². The van der Waals surface area contributed by atoms with Gasteiger partial charge in [0.2, 0.25) is 0 Å². The molecule has 0 aliphatic heterocycles. The van der Waals surface area contributed by atoms with E-state index in [4.69, 9.17) is 10.3 Å². The van der Waals surface area contributed by atoms with Crippen LogP contribution in [0.3, 0.4) is 0 Å². The van der Waals surface area contributed by atoms with Gasteiger partial charge in [-0.1, -0.05) is 17.3 Å². The fourth-order valence-corrected chi connectivity index (χ4v) is 2.58. The molecule has 0 N–H and O–H groups in total. The van der Waals surface area contributed by atoms with Crippen LogP contribution in [0.2, 0.25) is 0 Å². The smallest absolute Gasteiger partial charge is 0.338 e. The third-order valence-electron chi connectivity index (χ3n) is 3.65. The first-order valence-electron chi connectivity index (χ1n) is 7.72. The van der Waals surface area contributed by atoms with Gasteiger partial charge in [-0.15, -0.1) is 0 Å². The summed E-state index contributed by atoms with van der Waals surface area (Å²) >= 11 is 0. The summed E-state index contributed by atoms with van der Waals surface area (Å²) in [5.41, 5.74) is 13.0. The van der Waals surface area contributed by atoms with Gasteiger partial charge in [0.25, 0.3) is 0 Å². The predicted molar refractivity (Wildman–Crippen MR) is 94.2 cm³/mol. The van der Waals surface area contributed by atoms with E-state index in [1.165, 1.54) is 0 Å². The molecular formula is C18H20N4O2. The largest absolute Gasteiger partial charge is 0.462 e. The van der Waals surface area contributed by atoms with E-state index in [1.54, 1.807) is 19.1 Å². The van der Waals surface area contributed by atoms with Crippen LogP contribution in [0.4, 0.5) is 0 Å². The lowest BCUT2D eigenvalue weighted by Gasteiger charge is -2.10. The molecule has 2 rings (SSSR count). The van der Waals surface area contributed by atoms with Crippen molar-refractivity contribution in [3.63, 3.8) is 0 Å². The first kappa shape index (κ1) is 17.4. The van der Waals surface area contributed by atoms with Crippen LogP contribution >= 0.6 is 0 Å². The maximum Gasteiger partial charge on any atom is 0.338 e. The third-order valence-corrected chi connectivity index (χ3v) is 3.65. The Morgan fingerprint density at radius 2 is 2.04 bits per heavy atom. The third kappa shape index (κ3) is 3.86. The summed E-state index contributed by atoms with van der Waals surface area (Å²) < 4.78 is 7.11. The SMILES string of the molecule is CCOC(=O)c1ccc(-n2c(C)cc(C=CCN=[N+]=[N-])c2C)cc1.